The van der Waals surface area contributed by atoms with Crippen molar-refractivity contribution >= 4 is 17.7 Å². The molecule has 5 nitrogen and oxygen atoms in total. The Morgan fingerprint density at radius 1 is 1.24 bits per heavy atom. The minimum absolute atomic E-state index is 0.301. The lowest BCUT2D eigenvalue weighted by Crippen LogP contribution is -2.33. The Labute approximate surface area is 124 Å². The van der Waals surface area contributed by atoms with Crippen molar-refractivity contribution in [2.24, 2.45) is 0 Å². The van der Waals surface area contributed by atoms with Gasteiger partial charge in [0.05, 0.1) is 17.9 Å². The topological polar surface area (TPSA) is 55.8 Å². The lowest BCUT2D eigenvalue weighted by atomic mass is 10.2. The van der Waals surface area contributed by atoms with E-state index in [1.54, 1.807) is 52.0 Å². The lowest BCUT2D eigenvalue weighted by Gasteiger charge is -2.23. The third-order valence-electron chi connectivity index (χ3n) is 2.34. The Bertz CT molecular complexity index is 549. The fourth-order valence-corrected chi connectivity index (χ4v) is 1.50. The van der Waals surface area contributed by atoms with Crippen molar-refractivity contribution in [1.29, 1.82) is 0 Å². The van der Waals surface area contributed by atoms with E-state index in [1.807, 2.05) is 0 Å². The first kappa shape index (κ1) is 16.6. The molecule has 5 heteroatoms. The van der Waals surface area contributed by atoms with Gasteiger partial charge in [0.25, 0.3) is 0 Å². The third kappa shape index (κ3) is 4.84. The molecular formula is C16H19NO4. The molecule has 0 aromatic heterocycles. The van der Waals surface area contributed by atoms with E-state index >= 15 is 0 Å². The minimum atomic E-state index is -0.645. The first-order valence-corrected chi connectivity index (χ1v) is 6.55. The Hall–Kier alpha value is -2.48. The second kappa shape index (κ2) is 6.80. The molecule has 0 atom stereocenters. The van der Waals surface area contributed by atoms with Crippen LogP contribution in [0.2, 0.25) is 0 Å². The largest absolute Gasteiger partial charge is 0.462 e. The molecular weight excluding hydrogens is 270 g/mol. The second-order valence-electron chi connectivity index (χ2n) is 5.21. The van der Waals surface area contributed by atoms with E-state index in [9.17, 15) is 9.59 Å². The van der Waals surface area contributed by atoms with E-state index < -0.39 is 17.7 Å². The summed E-state index contributed by atoms with van der Waals surface area (Å²) in [5.74, 6) is -0.423. The fourth-order valence-electron chi connectivity index (χ4n) is 1.50. The minimum Gasteiger partial charge on any atom is -0.462 e. The molecule has 0 N–H and O–H groups in total. The molecule has 0 radical (unpaired) electrons. The van der Waals surface area contributed by atoms with Crippen LogP contribution in [-0.4, -0.2) is 24.3 Å². The molecule has 0 spiro atoms. The molecule has 0 bridgehead atoms. The smallest absolute Gasteiger partial charge is 0.426 e. The van der Waals surface area contributed by atoms with Crippen molar-refractivity contribution in [3.63, 3.8) is 0 Å². The number of terminal acetylenes is 1. The van der Waals surface area contributed by atoms with Crippen LogP contribution in [0.4, 0.5) is 10.5 Å². The van der Waals surface area contributed by atoms with Crippen molar-refractivity contribution in [3.8, 4) is 12.5 Å². The Kier molecular flexibility index (Phi) is 5.37. The number of carbonyl (C=O) groups is 2. The summed E-state index contributed by atoms with van der Waals surface area (Å²) in [5, 5.41) is 0. The molecule has 1 aromatic carbocycles. The van der Waals surface area contributed by atoms with Crippen LogP contribution in [0, 0.1) is 12.5 Å². The van der Waals surface area contributed by atoms with Crippen molar-refractivity contribution in [2.75, 3.05) is 11.5 Å². The molecule has 0 unspecified atom stereocenters. The van der Waals surface area contributed by atoms with Crippen molar-refractivity contribution in [3.05, 3.63) is 29.8 Å². The van der Waals surface area contributed by atoms with Gasteiger partial charge < -0.3 is 9.47 Å². The molecule has 1 rings (SSSR count). The number of hydrogen-bond acceptors (Lipinski definition) is 4. The predicted molar refractivity (Wildman–Crippen MR) is 79.9 cm³/mol. The number of carbonyl (C=O) groups excluding carboxylic acids is 2. The van der Waals surface area contributed by atoms with Crippen LogP contribution in [0.1, 0.15) is 38.1 Å². The van der Waals surface area contributed by atoms with Crippen molar-refractivity contribution < 1.29 is 19.1 Å². The van der Waals surface area contributed by atoms with E-state index in [2.05, 4.69) is 6.04 Å². The van der Waals surface area contributed by atoms with Crippen molar-refractivity contribution in [1.82, 2.24) is 0 Å². The number of nitrogens with zero attached hydrogens (tertiary/aromatic N) is 1. The Morgan fingerprint density at radius 2 is 1.81 bits per heavy atom. The molecule has 0 aliphatic rings. The van der Waals surface area contributed by atoms with Crippen LogP contribution in [0.3, 0.4) is 0 Å². The second-order valence-corrected chi connectivity index (χ2v) is 5.21. The maximum absolute atomic E-state index is 12.0. The summed E-state index contributed by atoms with van der Waals surface area (Å²) in [6, 6.07) is 8.48. The van der Waals surface area contributed by atoms with Crippen molar-refractivity contribution in [2.45, 2.75) is 33.3 Å². The quantitative estimate of drug-likeness (QED) is 0.487. The number of benzene rings is 1. The summed E-state index contributed by atoms with van der Waals surface area (Å²) in [7, 11) is 0. The van der Waals surface area contributed by atoms with Gasteiger partial charge in [0, 0.05) is 6.04 Å². The standard InChI is InChI=1S/C16H19NO4/c1-6-17(15(19)21-16(3,4)5)13-10-8-12(9-11-13)14(18)20-7-2/h1,8-11H,7H2,2-5H3. The van der Waals surface area contributed by atoms with Crippen LogP contribution in [-0.2, 0) is 9.47 Å². The van der Waals surface area contributed by atoms with Crippen LogP contribution in [0.5, 0.6) is 0 Å². The first-order valence-electron chi connectivity index (χ1n) is 6.55. The van der Waals surface area contributed by atoms with Gasteiger partial charge in [-0.2, -0.15) is 0 Å². The lowest BCUT2D eigenvalue weighted by molar-refractivity contribution is 0.0525. The number of amides is 1. The summed E-state index contributed by atoms with van der Waals surface area (Å²) in [4.78, 5) is 24.6. The molecule has 1 aromatic rings. The highest BCUT2D eigenvalue weighted by molar-refractivity contribution is 5.93. The average molecular weight is 289 g/mol. The number of hydrogen-bond donors (Lipinski definition) is 0. The molecule has 0 heterocycles. The van der Waals surface area contributed by atoms with Crippen LogP contribution >= 0.6 is 0 Å². The number of anilines is 1. The number of rotatable bonds is 3. The van der Waals surface area contributed by atoms with Gasteiger partial charge in [0.2, 0.25) is 0 Å². The zero-order valence-corrected chi connectivity index (χ0v) is 12.7. The maximum Gasteiger partial charge on any atom is 0.426 e. The summed E-state index contributed by atoms with van der Waals surface area (Å²) < 4.78 is 10.1. The van der Waals surface area contributed by atoms with Gasteiger partial charge in [0.15, 0.2) is 0 Å². The molecule has 1 amide bonds. The normalized spacial score (nSPS) is 10.4. The van der Waals surface area contributed by atoms with Gasteiger partial charge in [-0.25, -0.2) is 14.5 Å². The maximum atomic E-state index is 12.0. The summed E-state index contributed by atoms with van der Waals surface area (Å²) in [5.41, 5.74) is 0.193. The van der Waals surface area contributed by atoms with Gasteiger partial charge in [-0.05, 0) is 52.0 Å². The molecule has 0 fully saturated rings. The highest BCUT2D eigenvalue weighted by atomic mass is 16.6. The van der Waals surface area contributed by atoms with Crippen LogP contribution in [0.25, 0.3) is 0 Å². The monoisotopic (exact) mass is 289 g/mol. The van der Waals surface area contributed by atoms with Crippen LogP contribution in [0.15, 0.2) is 24.3 Å². The van der Waals surface area contributed by atoms with E-state index in [1.165, 1.54) is 0 Å². The highest BCUT2D eigenvalue weighted by Gasteiger charge is 2.22. The molecule has 112 valence electrons. The van der Waals surface area contributed by atoms with Gasteiger partial charge in [-0.3, -0.25) is 0 Å². The van der Waals surface area contributed by atoms with E-state index in [-0.39, 0.29) is 0 Å². The predicted octanol–water partition coefficient (Wildman–Crippen LogP) is 3.20. The van der Waals surface area contributed by atoms with E-state index in [0.717, 1.165) is 4.90 Å². The SMILES string of the molecule is C#CN(C(=O)OC(C)(C)C)c1ccc(C(=O)OCC)cc1. The fraction of sp³-hybridized carbons (Fsp3) is 0.375. The molecule has 0 saturated heterocycles. The summed E-state index contributed by atoms with van der Waals surface area (Å²) >= 11 is 0. The first-order chi connectivity index (χ1) is 9.78. The zero-order valence-electron chi connectivity index (χ0n) is 12.7. The van der Waals surface area contributed by atoms with Gasteiger partial charge in [0.1, 0.15) is 5.60 Å². The average Bonchev–Trinajstić information content (AvgIpc) is 2.38. The zero-order chi connectivity index (χ0) is 16.0. The molecule has 0 aliphatic carbocycles. The van der Waals surface area contributed by atoms with E-state index in [4.69, 9.17) is 15.9 Å². The van der Waals surface area contributed by atoms with Gasteiger partial charge in [-0.1, -0.05) is 6.42 Å². The van der Waals surface area contributed by atoms with Crippen LogP contribution < -0.4 is 4.90 Å². The van der Waals surface area contributed by atoms with Gasteiger partial charge >= 0.3 is 12.1 Å². The number of ether oxygens (including phenoxy) is 2. The van der Waals surface area contributed by atoms with Gasteiger partial charge in [-0.15, -0.1) is 0 Å². The molecule has 21 heavy (non-hydrogen) atoms. The number of esters is 1. The Morgan fingerprint density at radius 3 is 2.24 bits per heavy atom. The summed E-state index contributed by atoms with van der Waals surface area (Å²) in [6.45, 7) is 7.29. The Balaban J connectivity index is 2.91. The molecule has 0 saturated carbocycles. The van der Waals surface area contributed by atoms with E-state index in [0.29, 0.717) is 17.9 Å². The third-order valence-corrected chi connectivity index (χ3v) is 2.34. The molecule has 0 aliphatic heterocycles. The highest BCUT2D eigenvalue weighted by Crippen LogP contribution is 2.18. The summed E-state index contributed by atoms with van der Waals surface area (Å²) in [6.07, 6.45) is 4.71.